The second-order valence-corrected chi connectivity index (χ2v) is 5.88. The molecule has 0 unspecified atom stereocenters. The summed E-state index contributed by atoms with van der Waals surface area (Å²) in [6.07, 6.45) is 9.11. The first kappa shape index (κ1) is 13.2. The molecule has 0 spiro atoms. The van der Waals surface area contributed by atoms with Crippen LogP contribution in [-0.4, -0.2) is 15.9 Å². The normalized spacial score (nSPS) is 15.7. The maximum atomic E-state index is 12.3. The number of aromatic nitrogens is 2. The first-order chi connectivity index (χ1) is 9.74. The Morgan fingerprint density at radius 1 is 1.25 bits per heavy atom. The van der Waals surface area contributed by atoms with Gasteiger partial charge >= 0.3 is 0 Å². The van der Waals surface area contributed by atoms with Crippen molar-refractivity contribution in [3.05, 3.63) is 58.6 Å². The highest BCUT2D eigenvalue weighted by atomic mass is 79.9. The summed E-state index contributed by atoms with van der Waals surface area (Å²) in [6, 6.07) is 5.49. The molecule has 2 heterocycles. The monoisotopic (exact) mass is 331 g/mol. The minimum atomic E-state index is -0.0655. The van der Waals surface area contributed by atoms with E-state index in [4.69, 9.17) is 0 Å². The maximum absolute atomic E-state index is 12.3. The summed E-state index contributed by atoms with van der Waals surface area (Å²) in [4.78, 5) is 20.4. The summed E-state index contributed by atoms with van der Waals surface area (Å²) in [7, 11) is 0. The second-order valence-electron chi connectivity index (χ2n) is 4.96. The van der Waals surface area contributed by atoms with Crippen LogP contribution in [0.25, 0.3) is 0 Å². The van der Waals surface area contributed by atoms with Gasteiger partial charge in [0.25, 0.3) is 5.91 Å². The number of amides is 1. The Labute approximate surface area is 125 Å². The topological polar surface area (TPSA) is 54.9 Å². The van der Waals surface area contributed by atoms with Gasteiger partial charge in [0.1, 0.15) is 0 Å². The molecule has 1 aliphatic carbocycles. The zero-order valence-electron chi connectivity index (χ0n) is 10.8. The van der Waals surface area contributed by atoms with Crippen LogP contribution in [-0.2, 0) is 0 Å². The number of hydrogen-bond acceptors (Lipinski definition) is 3. The van der Waals surface area contributed by atoms with Gasteiger partial charge in [0, 0.05) is 34.8 Å². The van der Waals surface area contributed by atoms with Crippen molar-refractivity contribution in [1.82, 2.24) is 15.3 Å². The number of hydrogen-bond donors (Lipinski definition) is 1. The van der Waals surface area contributed by atoms with Crippen molar-refractivity contribution >= 4 is 21.8 Å². The van der Waals surface area contributed by atoms with E-state index in [0.29, 0.717) is 11.5 Å². The van der Waals surface area contributed by atoms with Gasteiger partial charge in [-0.25, -0.2) is 0 Å². The Morgan fingerprint density at radius 3 is 2.65 bits per heavy atom. The molecule has 0 saturated heterocycles. The summed E-state index contributed by atoms with van der Waals surface area (Å²) in [5, 5.41) is 3.11. The predicted molar refractivity (Wildman–Crippen MR) is 79.1 cm³/mol. The van der Waals surface area contributed by atoms with E-state index in [2.05, 4.69) is 31.2 Å². The Morgan fingerprint density at radius 2 is 2.00 bits per heavy atom. The average molecular weight is 332 g/mol. The van der Waals surface area contributed by atoms with Gasteiger partial charge < -0.3 is 5.32 Å². The Balaban J connectivity index is 1.80. The van der Waals surface area contributed by atoms with E-state index >= 15 is 0 Å². The molecule has 0 aliphatic heterocycles. The van der Waals surface area contributed by atoms with Gasteiger partial charge in [0.2, 0.25) is 0 Å². The van der Waals surface area contributed by atoms with E-state index in [-0.39, 0.29) is 11.9 Å². The number of carbonyl (C=O) groups is 1. The lowest BCUT2D eigenvalue weighted by molar-refractivity contribution is 0.0931. The van der Waals surface area contributed by atoms with Crippen molar-refractivity contribution in [2.24, 2.45) is 5.92 Å². The molecule has 0 radical (unpaired) electrons. The maximum Gasteiger partial charge on any atom is 0.251 e. The minimum absolute atomic E-state index is 0.0284. The van der Waals surface area contributed by atoms with Gasteiger partial charge in [0.05, 0.1) is 6.04 Å². The zero-order valence-corrected chi connectivity index (χ0v) is 12.4. The quantitative estimate of drug-likeness (QED) is 0.936. The van der Waals surface area contributed by atoms with Crippen LogP contribution in [0.3, 0.4) is 0 Å². The number of pyridine rings is 2. The Kier molecular flexibility index (Phi) is 3.78. The van der Waals surface area contributed by atoms with Gasteiger partial charge in [-0.3, -0.25) is 14.8 Å². The summed E-state index contributed by atoms with van der Waals surface area (Å²) < 4.78 is 0.929. The second kappa shape index (κ2) is 5.71. The fourth-order valence-electron chi connectivity index (χ4n) is 2.23. The van der Waals surface area contributed by atoms with Crippen molar-refractivity contribution in [1.29, 1.82) is 0 Å². The van der Waals surface area contributed by atoms with Crippen molar-refractivity contribution in [3.8, 4) is 0 Å². The fourth-order valence-corrected chi connectivity index (χ4v) is 2.61. The van der Waals surface area contributed by atoms with E-state index in [1.54, 1.807) is 30.7 Å². The number of nitrogens with zero attached hydrogens (tertiary/aromatic N) is 2. The van der Waals surface area contributed by atoms with Crippen LogP contribution < -0.4 is 5.32 Å². The van der Waals surface area contributed by atoms with E-state index in [0.717, 1.165) is 22.9 Å². The van der Waals surface area contributed by atoms with Crippen molar-refractivity contribution in [2.45, 2.75) is 18.9 Å². The lowest BCUT2D eigenvalue weighted by atomic mass is 10.0. The lowest BCUT2D eigenvalue weighted by Gasteiger charge is -2.18. The number of nitrogens with one attached hydrogen (secondary N) is 1. The van der Waals surface area contributed by atoms with Crippen molar-refractivity contribution in [2.75, 3.05) is 0 Å². The number of carbonyl (C=O) groups excluding carboxylic acids is 1. The molecule has 102 valence electrons. The molecule has 0 aromatic carbocycles. The van der Waals surface area contributed by atoms with Gasteiger partial charge in [-0.15, -0.1) is 0 Å². The molecule has 2 aromatic rings. The van der Waals surface area contributed by atoms with E-state index < -0.39 is 0 Å². The third kappa shape index (κ3) is 3.04. The molecule has 1 fully saturated rings. The largest absolute Gasteiger partial charge is 0.345 e. The van der Waals surface area contributed by atoms with Crippen LogP contribution in [0.5, 0.6) is 0 Å². The molecule has 4 nitrogen and oxygen atoms in total. The lowest BCUT2D eigenvalue weighted by Crippen LogP contribution is -2.30. The van der Waals surface area contributed by atoms with E-state index in [1.165, 1.54) is 0 Å². The molecule has 0 bridgehead atoms. The van der Waals surface area contributed by atoms with Gasteiger partial charge in [0.15, 0.2) is 0 Å². The van der Waals surface area contributed by atoms with E-state index in [1.807, 2.05) is 12.3 Å². The molecule has 3 rings (SSSR count). The molecule has 1 N–H and O–H groups in total. The fraction of sp³-hybridized carbons (Fsp3) is 0.267. The van der Waals surface area contributed by atoms with Crippen LogP contribution >= 0.6 is 15.9 Å². The van der Waals surface area contributed by atoms with Gasteiger partial charge in [-0.1, -0.05) is 0 Å². The zero-order chi connectivity index (χ0) is 13.9. The summed E-state index contributed by atoms with van der Waals surface area (Å²) in [5.74, 6) is 0.446. The highest BCUT2D eigenvalue weighted by Crippen LogP contribution is 2.41. The smallest absolute Gasteiger partial charge is 0.251 e. The molecule has 1 aliphatic rings. The standard InChI is InChI=1S/C15H14BrN3O/c16-13-7-12(8-18-9-13)14(10-1-2-10)19-15(20)11-3-5-17-6-4-11/h3-10,14H,1-2H2,(H,19,20)/t14-/m0/s1. The number of rotatable bonds is 4. The minimum Gasteiger partial charge on any atom is -0.345 e. The van der Waals surface area contributed by atoms with Gasteiger partial charge in [-0.2, -0.15) is 0 Å². The Hall–Kier alpha value is -1.75. The first-order valence-electron chi connectivity index (χ1n) is 6.55. The van der Waals surface area contributed by atoms with Crippen LogP contribution in [0.1, 0.15) is 34.8 Å². The van der Waals surface area contributed by atoms with Crippen molar-refractivity contribution < 1.29 is 4.79 Å². The molecule has 2 aromatic heterocycles. The third-order valence-electron chi connectivity index (χ3n) is 3.41. The first-order valence-corrected chi connectivity index (χ1v) is 7.34. The third-order valence-corrected chi connectivity index (χ3v) is 3.84. The van der Waals surface area contributed by atoms with Crippen LogP contribution in [0, 0.1) is 5.92 Å². The highest BCUT2D eigenvalue weighted by Gasteiger charge is 2.33. The molecule has 20 heavy (non-hydrogen) atoms. The van der Waals surface area contributed by atoms with E-state index in [9.17, 15) is 4.79 Å². The van der Waals surface area contributed by atoms with Crippen LogP contribution in [0.4, 0.5) is 0 Å². The SMILES string of the molecule is O=C(N[C@H](c1cncc(Br)c1)C1CC1)c1ccncc1. The predicted octanol–water partition coefficient (Wildman–Crippen LogP) is 3.12. The summed E-state index contributed by atoms with van der Waals surface area (Å²) in [5.41, 5.74) is 1.68. The van der Waals surface area contributed by atoms with Gasteiger partial charge in [-0.05, 0) is 58.5 Å². The molecule has 5 heteroatoms. The summed E-state index contributed by atoms with van der Waals surface area (Å²) in [6.45, 7) is 0. The summed E-state index contributed by atoms with van der Waals surface area (Å²) >= 11 is 3.43. The molecular formula is C15H14BrN3O. The molecule has 1 atom stereocenters. The van der Waals surface area contributed by atoms with Crippen LogP contribution in [0.15, 0.2) is 47.5 Å². The molecule has 1 amide bonds. The highest BCUT2D eigenvalue weighted by molar-refractivity contribution is 9.10. The molecule has 1 saturated carbocycles. The van der Waals surface area contributed by atoms with Crippen molar-refractivity contribution in [3.63, 3.8) is 0 Å². The Bertz CT molecular complexity index is 614. The average Bonchev–Trinajstić information content (AvgIpc) is 3.30. The molecular weight excluding hydrogens is 318 g/mol. The van der Waals surface area contributed by atoms with Crippen LogP contribution in [0.2, 0.25) is 0 Å². The number of halogens is 1.